The summed E-state index contributed by atoms with van der Waals surface area (Å²) in [6.45, 7) is 8.98. The largest absolute Gasteiger partial charge is 0.312 e. The summed E-state index contributed by atoms with van der Waals surface area (Å²) in [4.78, 5) is 0. The van der Waals surface area contributed by atoms with E-state index in [1.165, 1.54) is 5.56 Å². The van der Waals surface area contributed by atoms with E-state index in [0.29, 0.717) is 0 Å². The second-order valence-corrected chi connectivity index (χ2v) is 4.76. The highest BCUT2D eigenvalue weighted by atomic mass is 32.1. The Morgan fingerprint density at radius 1 is 1.38 bits per heavy atom. The summed E-state index contributed by atoms with van der Waals surface area (Å²) in [5, 5.41) is 7.80. The normalized spacial score (nSPS) is 13.5. The van der Waals surface area contributed by atoms with E-state index in [1.807, 2.05) is 0 Å². The van der Waals surface area contributed by atoms with Gasteiger partial charge >= 0.3 is 0 Å². The zero-order valence-electron chi connectivity index (χ0n) is 8.71. The van der Waals surface area contributed by atoms with Crippen molar-refractivity contribution in [2.75, 3.05) is 6.54 Å². The zero-order chi connectivity index (χ0) is 9.68. The van der Waals surface area contributed by atoms with Gasteiger partial charge in [0.1, 0.15) is 0 Å². The fourth-order valence-corrected chi connectivity index (χ4v) is 1.74. The molecule has 74 valence electrons. The van der Waals surface area contributed by atoms with Gasteiger partial charge in [-0.2, -0.15) is 11.3 Å². The van der Waals surface area contributed by atoms with Crippen molar-refractivity contribution in [3.63, 3.8) is 0 Å². The highest BCUT2D eigenvalue weighted by Gasteiger charge is 2.05. The summed E-state index contributed by atoms with van der Waals surface area (Å²) in [5.41, 5.74) is 1.40. The first-order chi connectivity index (χ1) is 6.20. The molecule has 1 aromatic heterocycles. The van der Waals surface area contributed by atoms with Crippen molar-refractivity contribution in [1.82, 2.24) is 5.32 Å². The monoisotopic (exact) mass is 197 g/mol. The number of hydrogen-bond donors (Lipinski definition) is 1. The molecule has 1 N–H and O–H groups in total. The van der Waals surface area contributed by atoms with Crippen LogP contribution in [0.3, 0.4) is 0 Å². The van der Waals surface area contributed by atoms with E-state index in [9.17, 15) is 0 Å². The van der Waals surface area contributed by atoms with Crippen LogP contribution in [0, 0.1) is 11.8 Å². The Bertz CT molecular complexity index is 216. The van der Waals surface area contributed by atoms with Crippen LogP contribution < -0.4 is 5.32 Å². The number of hydrogen-bond acceptors (Lipinski definition) is 2. The highest BCUT2D eigenvalue weighted by molar-refractivity contribution is 7.07. The lowest BCUT2D eigenvalue weighted by molar-refractivity contribution is 0.392. The summed E-state index contributed by atoms with van der Waals surface area (Å²) >= 11 is 1.76. The van der Waals surface area contributed by atoms with E-state index < -0.39 is 0 Å². The quantitative estimate of drug-likeness (QED) is 0.764. The van der Waals surface area contributed by atoms with Crippen molar-refractivity contribution >= 4 is 11.3 Å². The lowest BCUT2D eigenvalue weighted by Gasteiger charge is -2.15. The van der Waals surface area contributed by atoms with Gasteiger partial charge in [0.2, 0.25) is 0 Å². The van der Waals surface area contributed by atoms with Gasteiger partial charge in [-0.05, 0) is 40.8 Å². The summed E-state index contributed by atoms with van der Waals surface area (Å²) in [7, 11) is 0. The molecule has 0 saturated heterocycles. The molecule has 0 aliphatic carbocycles. The molecule has 13 heavy (non-hydrogen) atoms. The lowest BCUT2D eigenvalue weighted by atomic mass is 9.98. The van der Waals surface area contributed by atoms with Gasteiger partial charge in [-0.25, -0.2) is 0 Å². The minimum atomic E-state index is 0.763. The first kappa shape index (κ1) is 10.7. The van der Waals surface area contributed by atoms with E-state index in [-0.39, 0.29) is 0 Å². The van der Waals surface area contributed by atoms with Crippen molar-refractivity contribution in [1.29, 1.82) is 0 Å². The maximum atomic E-state index is 3.48. The summed E-state index contributed by atoms with van der Waals surface area (Å²) in [6.07, 6.45) is 0. The van der Waals surface area contributed by atoms with Crippen molar-refractivity contribution in [3.8, 4) is 0 Å². The molecule has 0 aliphatic rings. The maximum Gasteiger partial charge on any atom is 0.0213 e. The highest BCUT2D eigenvalue weighted by Crippen LogP contribution is 2.09. The molecular weight excluding hydrogens is 178 g/mol. The molecule has 0 aliphatic heterocycles. The molecule has 0 saturated carbocycles. The Morgan fingerprint density at radius 3 is 2.69 bits per heavy atom. The predicted octanol–water partition coefficient (Wildman–Crippen LogP) is 3.13. The average molecular weight is 197 g/mol. The Labute approximate surface area is 85.2 Å². The Hall–Kier alpha value is -0.340. The van der Waals surface area contributed by atoms with E-state index in [1.54, 1.807) is 11.3 Å². The van der Waals surface area contributed by atoms with Gasteiger partial charge in [0.25, 0.3) is 0 Å². The van der Waals surface area contributed by atoms with Crippen molar-refractivity contribution in [2.24, 2.45) is 11.8 Å². The maximum absolute atomic E-state index is 3.48. The molecule has 0 amide bonds. The molecule has 0 bridgehead atoms. The van der Waals surface area contributed by atoms with E-state index in [4.69, 9.17) is 0 Å². The summed E-state index contributed by atoms with van der Waals surface area (Å²) in [5.74, 6) is 1.54. The zero-order valence-corrected chi connectivity index (χ0v) is 9.53. The van der Waals surface area contributed by atoms with Crippen molar-refractivity contribution < 1.29 is 0 Å². The molecule has 1 rings (SSSR count). The predicted molar refractivity (Wildman–Crippen MR) is 60.0 cm³/mol. The molecule has 1 atom stereocenters. The van der Waals surface area contributed by atoms with Crippen LogP contribution in [0.25, 0.3) is 0 Å². The van der Waals surface area contributed by atoms with Gasteiger partial charge in [-0.3, -0.25) is 0 Å². The second kappa shape index (κ2) is 5.40. The standard InChI is InChI=1S/C11H19NS/c1-9(2)10(3)6-12-7-11-4-5-13-8-11/h4-5,8-10,12H,6-7H2,1-3H3. The third-order valence-electron chi connectivity index (χ3n) is 2.51. The summed E-state index contributed by atoms with van der Waals surface area (Å²) < 4.78 is 0. The molecule has 1 aromatic rings. The van der Waals surface area contributed by atoms with E-state index in [0.717, 1.165) is 24.9 Å². The van der Waals surface area contributed by atoms with Crippen LogP contribution >= 0.6 is 11.3 Å². The molecule has 1 heterocycles. The van der Waals surface area contributed by atoms with Gasteiger partial charge in [-0.15, -0.1) is 0 Å². The van der Waals surface area contributed by atoms with Crippen LogP contribution in [0.15, 0.2) is 16.8 Å². The Balaban J connectivity index is 2.14. The molecule has 1 nitrogen and oxygen atoms in total. The van der Waals surface area contributed by atoms with Gasteiger partial charge in [0.15, 0.2) is 0 Å². The smallest absolute Gasteiger partial charge is 0.0213 e. The lowest BCUT2D eigenvalue weighted by Crippen LogP contribution is -2.23. The molecule has 2 heteroatoms. The van der Waals surface area contributed by atoms with Gasteiger partial charge < -0.3 is 5.32 Å². The van der Waals surface area contributed by atoms with Crippen LogP contribution in [0.5, 0.6) is 0 Å². The SMILES string of the molecule is CC(C)C(C)CNCc1ccsc1. The minimum absolute atomic E-state index is 0.763. The van der Waals surface area contributed by atoms with E-state index in [2.05, 4.69) is 42.9 Å². The number of nitrogens with one attached hydrogen (secondary N) is 1. The topological polar surface area (TPSA) is 12.0 Å². The third-order valence-corrected chi connectivity index (χ3v) is 3.25. The molecule has 0 spiro atoms. The Morgan fingerprint density at radius 2 is 2.15 bits per heavy atom. The van der Waals surface area contributed by atoms with Gasteiger partial charge in [0.05, 0.1) is 0 Å². The van der Waals surface area contributed by atoms with Crippen LogP contribution in [-0.2, 0) is 6.54 Å². The molecule has 1 unspecified atom stereocenters. The van der Waals surface area contributed by atoms with Crippen LogP contribution in [0.1, 0.15) is 26.3 Å². The fourth-order valence-electron chi connectivity index (χ4n) is 1.07. The van der Waals surface area contributed by atoms with Crippen LogP contribution in [0.4, 0.5) is 0 Å². The number of rotatable bonds is 5. The molecular formula is C11H19NS. The molecule has 0 aromatic carbocycles. The molecule has 0 fully saturated rings. The van der Waals surface area contributed by atoms with Crippen molar-refractivity contribution in [2.45, 2.75) is 27.3 Å². The summed E-state index contributed by atoms with van der Waals surface area (Å²) in [6, 6.07) is 2.18. The van der Waals surface area contributed by atoms with Crippen molar-refractivity contribution in [3.05, 3.63) is 22.4 Å². The van der Waals surface area contributed by atoms with Crippen LogP contribution in [-0.4, -0.2) is 6.54 Å². The third kappa shape index (κ3) is 3.92. The average Bonchev–Trinajstić information content (AvgIpc) is 2.56. The van der Waals surface area contributed by atoms with Gasteiger partial charge in [-0.1, -0.05) is 20.8 Å². The van der Waals surface area contributed by atoms with Crippen LogP contribution in [0.2, 0.25) is 0 Å². The van der Waals surface area contributed by atoms with E-state index >= 15 is 0 Å². The first-order valence-corrected chi connectivity index (χ1v) is 5.86. The fraction of sp³-hybridized carbons (Fsp3) is 0.636. The minimum Gasteiger partial charge on any atom is -0.312 e. The second-order valence-electron chi connectivity index (χ2n) is 3.98. The van der Waals surface area contributed by atoms with Gasteiger partial charge in [0, 0.05) is 6.54 Å². The first-order valence-electron chi connectivity index (χ1n) is 4.92. The molecule has 0 radical (unpaired) electrons. The number of thiophene rings is 1. The Kier molecular flexibility index (Phi) is 4.46.